The Labute approximate surface area is 144 Å². The van der Waals surface area contributed by atoms with E-state index in [1.165, 1.54) is 4.57 Å². The van der Waals surface area contributed by atoms with E-state index >= 15 is 0 Å². The van der Waals surface area contributed by atoms with Gasteiger partial charge in [0.15, 0.2) is 0 Å². The van der Waals surface area contributed by atoms with Crippen molar-refractivity contribution in [3.05, 3.63) is 75.7 Å². The predicted molar refractivity (Wildman–Crippen MR) is 97.6 cm³/mol. The van der Waals surface area contributed by atoms with Crippen LogP contribution < -0.4 is 10.9 Å². The molecule has 0 saturated heterocycles. The Kier molecular flexibility index (Phi) is 4.67. The number of amides is 1. The third-order valence-electron chi connectivity index (χ3n) is 3.93. The highest BCUT2D eigenvalue weighted by Crippen LogP contribution is 2.21. The average Bonchev–Trinajstić information content (AvgIpc) is 2.57. The number of halogens is 1. The fourth-order valence-electron chi connectivity index (χ4n) is 2.65. The van der Waals surface area contributed by atoms with Crippen molar-refractivity contribution >= 4 is 34.0 Å². The van der Waals surface area contributed by atoms with Crippen LogP contribution in [0.25, 0.3) is 10.8 Å². The second-order valence-electron chi connectivity index (χ2n) is 5.68. The van der Waals surface area contributed by atoms with Gasteiger partial charge in [-0.1, -0.05) is 29.8 Å². The summed E-state index contributed by atoms with van der Waals surface area (Å²) in [7, 11) is 1.71. The summed E-state index contributed by atoms with van der Waals surface area (Å²) in [5.74, 6) is -0.0943. The van der Waals surface area contributed by atoms with Crippen LogP contribution in [-0.2, 0) is 18.3 Å². The number of rotatable bonds is 4. The molecule has 0 aliphatic heterocycles. The van der Waals surface area contributed by atoms with E-state index in [1.807, 2.05) is 30.3 Å². The zero-order chi connectivity index (χ0) is 17.1. The van der Waals surface area contributed by atoms with Crippen molar-refractivity contribution in [1.82, 2.24) is 4.57 Å². The highest BCUT2D eigenvalue weighted by Gasteiger charge is 2.08. The van der Waals surface area contributed by atoms with E-state index in [1.54, 1.807) is 31.4 Å². The molecule has 1 amide bonds. The maximum Gasteiger partial charge on any atom is 0.258 e. The summed E-state index contributed by atoms with van der Waals surface area (Å²) >= 11 is 5.95. The van der Waals surface area contributed by atoms with Crippen LogP contribution in [0.3, 0.4) is 0 Å². The first kappa shape index (κ1) is 16.3. The number of carbonyl (C=O) groups is 1. The lowest BCUT2D eigenvalue weighted by molar-refractivity contribution is -0.116. The zero-order valence-electron chi connectivity index (χ0n) is 13.3. The molecule has 0 aliphatic carbocycles. The number of carbonyl (C=O) groups excluding carboxylic acids is 1. The predicted octanol–water partition coefficient (Wildman–Crippen LogP) is 3.76. The Morgan fingerprint density at radius 1 is 1.12 bits per heavy atom. The topological polar surface area (TPSA) is 51.1 Å². The van der Waals surface area contributed by atoms with Crippen molar-refractivity contribution in [2.75, 3.05) is 5.32 Å². The standard InChI is InChI=1S/C19H17ClN2O2/c1-22-11-10-15-16(19(22)24)6-3-7-17(15)21-18(23)9-8-13-4-2-5-14(20)12-13/h2-7,10-12H,8-9H2,1H3,(H,21,23). The van der Waals surface area contributed by atoms with Crippen molar-refractivity contribution < 1.29 is 4.79 Å². The van der Waals surface area contributed by atoms with Crippen molar-refractivity contribution in [1.29, 1.82) is 0 Å². The van der Waals surface area contributed by atoms with Crippen molar-refractivity contribution in [3.63, 3.8) is 0 Å². The van der Waals surface area contributed by atoms with Gasteiger partial charge in [-0.05, 0) is 42.3 Å². The molecule has 4 nitrogen and oxygen atoms in total. The SMILES string of the molecule is Cn1ccc2c(NC(=O)CCc3cccc(Cl)c3)cccc2c1=O. The Hall–Kier alpha value is -2.59. The summed E-state index contributed by atoms with van der Waals surface area (Å²) in [6.07, 6.45) is 2.66. The molecule has 5 heteroatoms. The molecular formula is C19H17ClN2O2. The first-order valence-electron chi connectivity index (χ1n) is 7.67. The highest BCUT2D eigenvalue weighted by molar-refractivity contribution is 6.30. The first-order valence-corrected chi connectivity index (χ1v) is 8.05. The number of hydrogen-bond acceptors (Lipinski definition) is 2. The number of nitrogens with one attached hydrogen (secondary N) is 1. The second kappa shape index (κ2) is 6.89. The summed E-state index contributed by atoms with van der Waals surface area (Å²) in [6.45, 7) is 0. The summed E-state index contributed by atoms with van der Waals surface area (Å²) in [6, 6.07) is 14.7. The van der Waals surface area contributed by atoms with Crippen LogP contribution in [0, 0.1) is 0 Å². The van der Waals surface area contributed by atoms with Crippen LogP contribution in [0.2, 0.25) is 5.02 Å². The molecular weight excluding hydrogens is 324 g/mol. The van der Waals surface area contributed by atoms with Crippen LogP contribution in [0.1, 0.15) is 12.0 Å². The summed E-state index contributed by atoms with van der Waals surface area (Å²) in [4.78, 5) is 24.4. The van der Waals surface area contributed by atoms with Gasteiger partial charge in [-0.3, -0.25) is 9.59 Å². The van der Waals surface area contributed by atoms with Gasteiger partial charge in [0, 0.05) is 41.1 Å². The molecule has 24 heavy (non-hydrogen) atoms. The molecule has 0 atom stereocenters. The largest absolute Gasteiger partial charge is 0.326 e. The molecule has 3 rings (SSSR count). The maximum absolute atomic E-state index is 12.2. The van der Waals surface area contributed by atoms with Gasteiger partial charge in [0.25, 0.3) is 5.56 Å². The Morgan fingerprint density at radius 2 is 1.92 bits per heavy atom. The number of pyridine rings is 1. The third-order valence-corrected chi connectivity index (χ3v) is 4.16. The minimum absolute atomic E-state index is 0.0810. The number of aromatic nitrogens is 1. The first-order chi connectivity index (χ1) is 11.5. The molecule has 0 aliphatic rings. The lowest BCUT2D eigenvalue weighted by Crippen LogP contribution is -2.17. The number of fused-ring (bicyclic) bond motifs is 1. The summed E-state index contributed by atoms with van der Waals surface area (Å²) in [5.41, 5.74) is 1.59. The van der Waals surface area contributed by atoms with Crippen LogP contribution in [0.4, 0.5) is 5.69 Å². The number of nitrogens with zero attached hydrogens (tertiary/aromatic N) is 1. The number of benzene rings is 2. The molecule has 3 aromatic rings. The fourth-order valence-corrected chi connectivity index (χ4v) is 2.86. The van der Waals surface area contributed by atoms with Crippen LogP contribution >= 0.6 is 11.6 Å². The molecule has 122 valence electrons. The van der Waals surface area contributed by atoms with Gasteiger partial charge in [0.1, 0.15) is 0 Å². The Morgan fingerprint density at radius 3 is 2.71 bits per heavy atom. The minimum atomic E-state index is -0.0943. The lowest BCUT2D eigenvalue weighted by atomic mass is 10.1. The van der Waals surface area contributed by atoms with Crippen molar-refractivity contribution in [2.45, 2.75) is 12.8 Å². The van der Waals surface area contributed by atoms with Gasteiger partial charge in [-0.25, -0.2) is 0 Å². The van der Waals surface area contributed by atoms with E-state index in [-0.39, 0.29) is 11.5 Å². The number of hydrogen-bond donors (Lipinski definition) is 1. The highest BCUT2D eigenvalue weighted by atomic mass is 35.5. The molecule has 1 aromatic heterocycles. The van der Waals surface area contributed by atoms with Gasteiger partial charge in [-0.2, -0.15) is 0 Å². The molecule has 0 fully saturated rings. The van der Waals surface area contributed by atoms with Crippen LogP contribution in [0.15, 0.2) is 59.5 Å². The monoisotopic (exact) mass is 340 g/mol. The smallest absolute Gasteiger partial charge is 0.258 e. The van der Waals surface area contributed by atoms with E-state index in [9.17, 15) is 9.59 Å². The van der Waals surface area contributed by atoms with Crippen molar-refractivity contribution in [3.8, 4) is 0 Å². The van der Waals surface area contributed by atoms with Gasteiger partial charge in [-0.15, -0.1) is 0 Å². The third kappa shape index (κ3) is 3.49. The normalized spacial score (nSPS) is 10.8. The zero-order valence-corrected chi connectivity index (χ0v) is 14.0. The lowest BCUT2D eigenvalue weighted by Gasteiger charge is -2.09. The van der Waals surface area contributed by atoms with Gasteiger partial charge >= 0.3 is 0 Å². The molecule has 1 heterocycles. The van der Waals surface area contributed by atoms with E-state index in [4.69, 9.17) is 11.6 Å². The molecule has 1 N–H and O–H groups in total. The van der Waals surface area contributed by atoms with Gasteiger partial charge in [0.05, 0.1) is 0 Å². The van der Waals surface area contributed by atoms with Gasteiger partial charge in [0.2, 0.25) is 5.91 Å². The molecule has 0 saturated carbocycles. The molecule has 0 bridgehead atoms. The molecule has 2 aromatic carbocycles. The van der Waals surface area contributed by atoms with E-state index in [0.717, 1.165) is 10.9 Å². The second-order valence-corrected chi connectivity index (χ2v) is 6.11. The minimum Gasteiger partial charge on any atom is -0.326 e. The Bertz CT molecular complexity index is 963. The van der Waals surface area contributed by atoms with Crippen LogP contribution in [-0.4, -0.2) is 10.5 Å². The molecule has 0 unspecified atom stereocenters. The number of anilines is 1. The van der Waals surface area contributed by atoms with E-state index < -0.39 is 0 Å². The number of aryl methyl sites for hydroxylation is 2. The molecule has 0 spiro atoms. The summed E-state index contributed by atoms with van der Waals surface area (Å²) in [5, 5.41) is 4.90. The fraction of sp³-hybridized carbons (Fsp3) is 0.158. The Balaban J connectivity index is 1.76. The average molecular weight is 341 g/mol. The summed E-state index contributed by atoms with van der Waals surface area (Å²) < 4.78 is 1.52. The van der Waals surface area contributed by atoms with Crippen LogP contribution in [0.5, 0.6) is 0 Å². The van der Waals surface area contributed by atoms with E-state index in [0.29, 0.717) is 28.9 Å². The van der Waals surface area contributed by atoms with Gasteiger partial charge < -0.3 is 9.88 Å². The quantitative estimate of drug-likeness (QED) is 0.786. The van der Waals surface area contributed by atoms with E-state index in [2.05, 4.69) is 5.32 Å². The van der Waals surface area contributed by atoms with Crippen molar-refractivity contribution in [2.24, 2.45) is 7.05 Å². The molecule has 0 radical (unpaired) electrons. The maximum atomic E-state index is 12.2.